The Hall–Kier alpha value is -2.42. The third-order valence-corrected chi connectivity index (χ3v) is 3.48. The van der Waals surface area contributed by atoms with Crippen molar-refractivity contribution in [2.75, 3.05) is 0 Å². The second kappa shape index (κ2) is 4.93. The van der Waals surface area contributed by atoms with Gasteiger partial charge in [-0.25, -0.2) is 4.79 Å². The van der Waals surface area contributed by atoms with Crippen molar-refractivity contribution in [3.05, 3.63) is 70.8 Å². The number of ketones is 1. The second-order valence-corrected chi connectivity index (χ2v) is 4.99. The van der Waals surface area contributed by atoms with E-state index in [0.717, 1.165) is 11.1 Å². The second-order valence-electron chi connectivity index (χ2n) is 4.99. The fourth-order valence-electron chi connectivity index (χ4n) is 2.46. The summed E-state index contributed by atoms with van der Waals surface area (Å²) in [5.74, 6) is -0.558. The molecule has 3 heteroatoms. The Morgan fingerprint density at radius 3 is 2.65 bits per heavy atom. The zero-order valence-electron chi connectivity index (χ0n) is 11.1. The predicted molar refractivity (Wildman–Crippen MR) is 74.9 cm³/mol. The zero-order valence-corrected chi connectivity index (χ0v) is 11.1. The molecule has 20 heavy (non-hydrogen) atoms. The van der Waals surface area contributed by atoms with Gasteiger partial charge in [-0.1, -0.05) is 42.0 Å². The number of carbonyl (C=O) groups excluding carboxylic acids is 2. The van der Waals surface area contributed by atoms with Crippen LogP contribution in [0.2, 0.25) is 0 Å². The van der Waals surface area contributed by atoms with Gasteiger partial charge in [-0.05, 0) is 24.6 Å². The van der Waals surface area contributed by atoms with E-state index in [9.17, 15) is 9.59 Å². The maximum atomic E-state index is 12.2. The molecule has 0 spiro atoms. The van der Waals surface area contributed by atoms with Crippen molar-refractivity contribution < 1.29 is 14.3 Å². The average Bonchev–Trinajstić information content (AvgIpc) is 2.75. The largest absolute Gasteiger partial charge is 0.450 e. The standard InChI is InChI=1S/C17H14O3/c1-11-7-8-14-13(9-11)10-15(16(14)18)20-17(19)12-5-3-2-4-6-12/h2-9,15H,10H2,1H3/t15-/m1/s1. The van der Waals surface area contributed by atoms with Crippen molar-refractivity contribution in [2.45, 2.75) is 19.4 Å². The van der Waals surface area contributed by atoms with Crippen LogP contribution in [-0.4, -0.2) is 17.9 Å². The number of carbonyl (C=O) groups is 2. The van der Waals surface area contributed by atoms with Crippen LogP contribution in [0, 0.1) is 6.92 Å². The molecule has 3 nitrogen and oxygen atoms in total. The van der Waals surface area contributed by atoms with Gasteiger partial charge < -0.3 is 4.74 Å². The van der Waals surface area contributed by atoms with E-state index < -0.39 is 12.1 Å². The molecule has 0 N–H and O–H groups in total. The van der Waals surface area contributed by atoms with Crippen LogP contribution in [0.1, 0.15) is 31.8 Å². The molecule has 2 aromatic rings. The van der Waals surface area contributed by atoms with Crippen LogP contribution in [0.15, 0.2) is 48.5 Å². The number of hydrogen-bond donors (Lipinski definition) is 0. The lowest BCUT2D eigenvalue weighted by Gasteiger charge is -2.10. The summed E-state index contributed by atoms with van der Waals surface area (Å²) in [4.78, 5) is 24.2. The smallest absolute Gasteiger partial charge is 0.338 e. The van der Waals surface area contributed by atoms with Gasteiger partial charge in [0.25, 0.3) is 0 Å². The molecule has 0 radical (unpaired) electrons. The number of fused-ring (bicyclic) bond motifs is 1. The van der Waals surface area contributed by atoms with E-state index in [-0.39, 0.29) is 5.78 Å². The molecule has 0 aromatic heterocycles. The Kier molecular flexibility index (Phi) is 3.11. The summed E-state index contributed by atoms with van der Waals surface area (Å²) in [6, 6.07) is 14.4. The minimum Gasteiger partial charge on any atom is -0.450 e. The van der Waals surface area contributed by atoms with Crippen molar-refractivity contribution in [1.29, 1.82) is 0 Å². The summed E-state index contributed by atoms with van der Waals surface area (Å²) in [7, 11) is 0. The molecule has 1 aliphatic rings. The van der Waals surface area contributed by atoms with Gasteiger partial charge in [0, 0.05) is 12.0 Å². The third kappa shape index (κ3) is 2.23. The van der Waals surface area contributed by atoms with Crippen molar-refractivity contribution >= 4 is 11.8 Å². The molecule has 0 unspecified atom stereocenters. The molecule has 3 rings (SSSR count). The van der Waals surface area contributed by atoms with E-state index in [4.69, 9.17) is 4.74 Å². The molecule has 0 saturated carbocycles. The highest BCUT2D eigenvalue weighted by atomic mass is 16.5. The van der Waals surface area contributed by atoms with Crippen LogP contribution in [0.5, 0.6) is 0 Å². The molecule has 0 amide bonds. The van der Waals surface area contributed by atoms with E-state index in [1.807, 2.05) is 31.2 Å². The SMILES string of the molecule is Cc1ccc2c(c1)C[C@@H](OC(=O)c1ccccc1)C2=O. The number of ether oxygens (including phenoxy) is 1. The maximum absolute atomic E-state index is 12.2. The van der Waals surface area contributed by atoms with E-state index in [1.165, 1.54) is 0 Å². The van der Waals surface area contributed by atoms with Gasteiger partial charge in [0.05, 0.1) is 5.56 Å². The van der Waals surface area contributed by atoms with Gasteiger partial charge in [0.15, 0.2) is 6.10 Å². The van der Waals surface area contributed by atoms with Crippen LogP contribution < -0.4 is 0 Å². The molecular formula is C17H14O3. The van der Waals surface area contributed by atoms with Crippen molar-refractivity contribution in [1.82, 2.24) is 0 Å². The van der Waals surface area contributed by atoms with Gasteiger partial charge in [-0.15, -0.1) is 0 Å². The lowest BCUT2D eigenvalue weighted by atomic mass is 10.1. The Morgan fingerprint density at radius 1 is 1.15 bits per heavy atom. The number of rotatable bonds is 2. The number of esters is 1. The summed E-state index contributed by atoms with van der Waals surface area (Å²) in [6.07, 6.45) is -0.228. The van der Waals surface area contributed by atoms with Crippen LogP contribution in [0.25, 0.3) is 0 Å². The zero-order chi connectivity index (χ0) is 14.1. The van der Waals surface area contributed by atoms with Crippen molar-refractivity contribution in [3.63, 3.8) is 0 Å². The molecule has 0 heterocycles. The Morgan fingerprint density at radius 2 is 1.90 bits per heavy atom. The summed E-state index contributed by atoms with van der Waals surface area (Å²) < 4.78 is 5.34. The number of benzene rings is 2. The minimum atomic E-state index is -0.695. The maximum Gasteiger partial charge on any atom is 0.338 e. The molecule has 0 bridgehead atoms. The normalized spacial score (nSPS) is 16.9. The topological polar surface area (TPSA) is 43.4 Å². The van der Waals surface area contributed by atoms with Crippen molar-refractivity contribution in [2.24, 2.45) is 0 Å². The quantitative estimate of drug-likeness (QED) is 0.785. The van der Waals surface area contributed by atoms with Gasteiger partial charge in [-0.2, -0.15) is 0 Å². The van der Waals surface area contributed by atoms with Gasteiger partial charge in [0.1, 0.15) is 0 Å². The van der Waals surface area contributed by atoms with Gasteiger partial charge in [-0.3, -0.25) is 4.79 Å². The molecule has 0 fully saturated rings. The fraction of sp³-hybridized carbons (Fsp3) is 0.176. The monoisotopic (exact) mass is 266 g/mol. The first-order chi connectivity index (χ1) is 9.65. The molecular weight excluding hydrogens is 252 g/mol. The summed E-state index contributed by atoms with van der Waals surface area (Å²) >= 11 is 0. The van der Waals surface area contributed by atoms with E-state index >= 15 is 0 Å². The van der Waals surface area contributed by atoms with Gasteiger partial charge >= 0.3 is 5.97 Å². The first-order valence-electron chi connectivity index (χ1n) is 6.55. The highest BCUT2D eigenvalue weighted by molar-refractivity contribution is 6.05. The fourth-order valence-corrected chi connectivity index (χ4v) is 2.46. The Balaban J connectivity index is 1.78. The van der Waals surface area contributed by atoms with Crippen LogP contribution in [0.3, 0.4) is 0 Å². The van der Waals surface area contributed by atoms with Crippen LogP contribution >= 0.6 is 0 Å². The molecule has 0 aliphatic heterocycles. The summed E-state index contributed by atoms with van der Waals surface area (Å²) in [6.45, 7) is 1.98. The van der Waals surface area contributed by atoms with E-state index in [1.54, 1.807) is 24.3 Å². The van der Waals surface area contributed by atoms with Crippen molar-refractivity contribution in [3.8, 4) is 0 Å². The summed E-state index contributed by atoms with van der Waals surface area (Å²) in [5.41, 5.74) is 3.20. The lowest BCUT2D eigenvalue weighted by molar-refractivity contribution is 0.0304. The third-order valence-electron chi connectivity index (χ3n) is 3.48. The average molecular weight is 266 g/mol. The van der Waals surface area contributed by atoms with Crippen LogP contribution in [0.4, 0.5) is 0 Å². The minimum absolute atomic E-state index is 0.107. The molecule has 1 aliphatic carbocycles. The first kappa shape index (κ1) is 12.6. The summed E-state index contributed by atoms with van der Waals surface area (Å²) in [5, 5.41) is 0. The lowest BCUT2D eigenvalue weighted by Crippen LogP contribution is -2.24. The molecule has 0 saturated heterocycles. The number of hydrogen-bond acceptors (Lipinski definition) is 3. The van der Waals surface area contributed by atoms with Gasteiger partial charge in [0.2, 0.25) is 5.78 Å². The number of aryl methyl sites for hydroxylation is 1. The van der Waals surface area contributed by atoms with E-state index in [2.05, 4.69) is 0 Å². The van der Waals surface area contributed by atoms with Crippen LogP contribution in [-0.2, 0) is 11.2 Å². The Bertz CT molecular complexity index is 674. The Labute approximate surface area is 117 Å². The predicted octanol–water partition coefficient (Wildman–Crippen LogP) is 2.96. The molecule has 1 atom stereocenters. The van der Waals surface area contributed by atoms with E-state index in [0.29, 0.717) is 17.5 Å². The highest BCUT2D eigenvalue weighted by Crippen LogP contribution is 2.25. The molecule has 2 aromatic carbocycles. The first-order valence-corrected chi connectivity index (χ1v) is 6.55. The number of Topliss-reactive ketones (excluding diaryl/α,β-unsaturated/α-hetero) is 1. The highest BCUT2D eigenvalue weighted by Gasteiger charge is 2.33. The molecule has 100 valence electrons.